The van der Waals surface area contributed by atoms with Crippen molar-refractivity contribution in [1.29, 1.82) is 0 Å². The molecule has 8 heteroatoms. The Kier molecular flexibility index (Phi) is 2.82. The summed E-state index contributed by atoms with van der Waals surface area (Å²) < 4.78 is 12.0. The van der Waals surface area contributed by atoms with Gasteiger partial charge in [0, 0.05) is 12.7 Å². The molecule has 3 heterocycles. The van der Waals surface area contributed by atoms with Gasteiger partial charge in [-0.25, -0.2) is 0 Å². The van der Waals surface area contributed by atoms with Crippen LogP contribution >= 0.6 is 0 Å². The summed E-state index contributed by atoms with van der Waals surface area (Å²) in [6.45, 7) is 1.91. The lowest BCUT2D eigenvalue weighted by Crippen LogP contribution is -2.10. The number of anilines is 1. The Labute approximate surface area is 113 Å². The monoisotopic (exact) mass is 273 g/mol. The lowest BCUT2D eigenvalue weighted by atomic mass is 10.4. The Bertz CT molecular complexity index is 722. The third kappa shape index (κ3) is 2.18. The van der Waals surface area contributed by atoms with Gasteiger partial charge in [-0.3, -0.25) is 14.8 Å². The van der Waals surface area contributed by atoms with Gasteiger partial charge in [-0.2, -0.15) is 5.10 Å². The molecular weight excluding hydrogens is 262 g/mol. The maximum atomic E-state index is 11.7. The van der Waals surface area contributed by atoms with Gasteiger partial charge < -0.3 is 8.83 Å². The number of nitrogens with zero attached hydrogens (tertiary/aromatic N) is 4. The van der Waals surface area contributed by atoms with Crippen LogP contribution in [0.25, 0.3) is 11.6 Å². The number of nitrogens with one attached hydrogen (secondary N) is 1. The van der Waals surface area contributed by atoms with Crippen molar-refractivity contribution >= 4 is 11.9 Å². The van der Waals surface area contributed by atoms with Crippen molar-refractivity contribution in [3.05, 3.63) is 35.9 Å². The van der Waals surface area contributed by atoms with E-state index >= 15 is 0 Å². The lowest BCUT2D eigenvalue weighted by molar-refractivity contribution is 0.0994. The van der Waals surface area contributed by atoms with Gasteiger partial charge in [-0.1, -0.05) is 5.10 Å². The standard InChI is InChI=1S/C12H11N5O3/c1-7-6-8(16-17(7)2)11-14-15-12(20-11)13-10(18)9-4-3-5-19-9/h3-6H,1-2H3,(H,13,15,18). The SMILES string of the molecule is Cc1cc(-c2nnc(NC(=O)c3ccco3)o2)nn1C. The molecule has 0 aliphatic rings. The number of furan rings is 1. The fourth-order valence-corrected chi connectivity index (χ4v) is 1.61. The van der Waals surface area contributed by atoms with Crippen molar-refractivity contribution in [2.45, 2.75) is 6.92 Å². The zero-order valence-corrected chi connectivity index (χ0v) is 10.8. The maximum Gasteiger partial charge on any atom is 0.322 e. The molecular formula is C12H11N5O3. The van der Waals surface area contributed by atoms with Gasteiger partial charge >= 0.3 is 6.01 Å². The average Bonchev–Trinajstić information content (AvgIpc) is 3.12. The van der Waals surface area contributed by atoms with Gasteiger partial charge in [0.15, 0.2) is 5.76 Å². The maximum absolute atomic E-state index is 11.7. The van der Waals surface area contributed by atoms with Crippen LogP contribution in [0.4, 0.5) is 6.01 Å². The van der Waals surface area contributed by atoms with Crippen molar-refractivity contribution < 1.29 is 13.6 Å². The highest BCUT2D eigenvalue weighted by molar-refractivity contribution is 6.00. The van der Waals surface area contributed by atoms with E-state index < -0.39 is 5.91 Å². The highest BCUT2D eigenvalue weighted by Crippen LogP contribution is 2.19. The van der Waals surface area contributed by atoms with E-state index in [0.29, 0.717) is 5.69 Å². The fraction of sp³-hybridized carbons (Fsp3) is 0.167. The molecule has 0 atom stereocenters. The molecule has 0 unspecified atom stereocenters. The Morgan fingerprint density at radius 1 is 1.40 bits per heavy atom. The summed E-state index contributed by atoms with van der Waals surface area (Å²) in [5.41, 5.74) is 1.51. The van der Waals surface area contributed by atoms with E-state index in [9.17, 15) is 4.79 Å². The fourth-order valence-electron chi connectivity index (χ4n) is 1.61. The third-order valence-corrected chi connectivity index (χ3v) is 2.72. The molecule has 1 amide bonds. The van der Waals surface area contributed by atoms with E-state index in [1.54, 1.807) is 10.7 Å². The number of aromatic nitrogens is 4. The van der Waals surface area contributed by atoms with Crippen LogP contribution in [0.5, 0.6) is 0 Å². The highest BCUT2D eigenvalue weighted by Gasteiger charge is 2.16. The quantitative estimate of drug-likeness (QED) is 0.778. The summed E-state index contributed by atoms with van der Waals surface area (Å²) in [4.78, 5) is 11.7. The third-order valence-electron chi connectivity index (χ3n) is 2.72. The number of carbonyl (C=O) groups excluding carboxylic acids is 1. The second kappa shape index (κ2) is 4.65. The largest absolute Gasteiger partial charge is 0.459 e. The molecule has 8 nitrogen and oxygen atoms in total. The van der Waals surface area contributed by atoms with Gasteiger partial charge in [-0.05, 0) is 25.1 Å². The molecule has 0 radical (unpaired) electrons. The van der Waals surface area contributed by atoms with E-state index in [2.05, 4.69) is 20.6 Å². The van der Waals surface area contributed by atoms with Gasteiger partial charge in [0.2, 0.25) is 0 Å². The Morgan fingerprint density at radius 2 is 2.25 bits per heavy atom. The number of aryl methyl sites for hydroxylation is 2. The van der Waals surface area contributed by atoms with Crippen LogP contribution in [-0.4, -0.2) is 25.9 Å². The number of rotatable bonds is 3. The molecule has 1 N–H and O–H groups in total. The molecule has 0 aromatic carbocycles. The molecule has 0 aliphatic carbocycles. The van der Waals surface area contributed by atoms with Gasteiger partial charge in [0.25, 0.3) is 11.8 Å². The smallest absolute Gasteiger partial charge is 0.322 e. The second-order valence-electron chi connectivity index (χ2n) is 4.14. The van der Waals surface area contributed by atoms with E-state index in [1.807, 2.05) is 20.0 Å². The molecule has 3 aromatic rings. The van der Waals surface area contributed by atoms with Crippen molar-refractivity contribution in [1.82, 2.24) is 20.0 Å². The van der Waals surface area contributed by atoms with Crippen LogP contribution in [0.3, 0.4) is 0 Å². The number of carbonyl (C=O) groups is 1. The summed E-state index contributed by atoms with van der Waals surface area (Å²) in [5.74, 6) is -0.0516. The van der Waals surface area contributed by atoms with E-state index in [0.717, 1.165) is 5.69 Å². The van der Waals surface area contributed by atoms with Crippen LogP contribution in [-0.2, 0) is 7.05 Å². The normalized spacial score (nSPS) is 10.7. The van der Waals surface area contributed by atoms with Crippen molar-refractivity contribution in [2.75, 3.05) is 5.32 Å². The summed E-state index contributed by atoms with van der Waals surface area (Å²) in [5, 5.41) is 14.2. The Balaban J connectivity index is 1.79. The van der Waals surface area contributed by atoms with Crippen LogP contribution in [0.1, 0.15) is 16.2 Å². The topological polar surface area (TPSA) is 99.0 Å². The molecule has 20 heavy (non-hydrogen) atoms. The molecule has 102 valence electrons. The van der Waals surface area contributed by atoms with E-state index in [4.69, 9.17) is 8.83 Å². The van der Waals surface area contributed by atoms with Crippen molar-refractivity contribution in [2.24, 2.45) is 7.05 Å². The van der Waals surface area contributed by atoms with E-state index in [1.165, 1.54) is 12.3 Å². The van der Waals surface area contributed by atoms with Crippen LogP contribution in [0, 0.1) is 6.92 Å². The van der Waals surface area contributed by atoms with Gasteiger partial charge in [0.1, 0.15) is 5.69 Å². The predicted octanol–water partition coefficient (Wildman–Crippen LogP) is 1.62. The molecule has 3 aromatic heterocycles. The minimum Gasteiger partial charge on any atom is -0.459 e. The number of amides is 1. The molecule has 0 spiro atoms. The molecule has 0 saturated carbocycles. The average molecular weight is 273 g/mol. The summed E-state index contributed by atoms with van der Waals surface area (Å²) in [6.07, 6.45) is 1.41. The zero-order chi connectivity index (χ0) is 14.1. The molecule has 0 aliphatic heterocycles. The van der Waals surface area contributed by atoms with E-state index in [-0.39, 0.29) is 17.7 Å². The lowest BCUT2D eigenvalue weighted by Gasteiger charge is -1.95. The first-order valence-corrected chi connectivity index (χ1v) is 5.83. The first-order chi connectivity index (χ1) is 9.63. The van der Waals surface area contributed by atoms with Crippen LogP contribution in [0.15, 0.2) is 33.3 Å². The second-order valence-corrected chi connectivity index (χ2v) is 4.14. The van der Waals surface area contributed by atoms with Crippen LogP contribution in [0.2, 0.25) is 0 Å². The molecule has 0 bridgehead atoms. The minimum absolute atomic E-state index is 0.00953. The van der Waals surface area contributed by atoms with Gasteiger partial charge in [-0.15, -0.1) is 5.10 Å². The first kappa shape index (κ1) is 12.2. The summed E-state index contributed by atoms with van der Waals surface area (Å²) in [6, 6.07) is 4.95. The Hall–Kier alpha value is -2.90. The van der Waals surface area contributed by atoms with Crippen molar-refractivity contribution in [3.63, 3.8) is 0 Å². The highest BCUT2D eigenvalue weighted by atomic mass is 16.4. The molecule has 0 fully saturated rings. The minimum atomic E-state index is -0.456. The summed E-state index contributed by atoms with van der Waals surface area (Å²) >= 11 is 0. The van der Waals surface area contributed by atoms with Crippen LogP contribution < -0.4 is 5.32 Å². The number of hydrogen-bond acceptors (Lipinski definition) is 6. The zero-order valence-electron chi connectivity index (χ0n) is 10.8. The van der Waals surface area contributed by atoms with Crippen molar-refractivity contribution in [3.8, 4) is 11.6 Å². The first-order valence-electron chi connectivity index (χ1n) is 5.83. The predicted molar refractivity (Wildman–Crippen MR) is 67.9 cm³/mol. The molecule has 0 saturated heterocycles. The summed E-state index contributed by atoms with van der Waals surface area (Å²) in [7, 11) is 1.81. The number of hydrogen-bond donors (Lipinski definition) is 1. The molecule has 3 rings (SSSR count). The van der Waals surface area contributed by atoms with Gasteiger partial charge in [0.05, 0.1) is 6.26 Å². The Morgan fingerprint density at radius 3 is 2.90 bits per heavy atom.